The van der Waals surface area contributed by atoms with E-state index in [1.165, 1.54) is 30.0 Å². The minimum absolute atomic E-state index is 0.00146. The Morgan fingerprint density at radius 1 is 0.833 bits per heavy atom. The van der Waals surface area contributed by atoms with Crippen molar-refractivity contribution >= 4 is 64.5 Å². The third kappa shape index (κ3) is 8.57. The quantitative estimate of drug-likeness (QED) is 0.122. The third-order valence-electron chi connectivity index (χ3n) is 5.83. The number of carbonyl (C=O) groups is 4. The van der Waals surface area contributed by atoms with Crippen LogP contribution in [0.25, 0.3) is 6.08 Å². The summed E-state index contributed by atoms with van der Waals surface area (Å²) in [6.45, 7) is 1.94. The van der Waals surface area contributed by atoms with Crippen LogP contribution in [0.1, 0.15) is 31.8 Å². The molecular weight excluding hydrogens is 574 g/mol. The van der Waals surface area contributed by atoms with E-state index in [4.69, 9.17) is 11.6 Å². The molecule has 0 aliphatic carbocycles. The molecule has 8 nitrogen and oxygen atoms in total. The van der Waals surface area contributed by atoms with Crippen LogP contribution in [0.4, 0.5) is 11.4 Å². The van der Waals surface area contributed by atoms with Crippen LogP contribution in [0.5, 0.6) is 0 Å². The number of thioether (sulfide) groups is 1. The van der Waals surface area contributed by atoms with Crippen LogP contribution < -0.4 is 16.0 Å². The highest BCUT2D eigenvalue weighted by Crippen LogP contribution is 2.25. The summed E-state index contributed by atoms with van der Waals surface area (Å²) < 4.78 is 0. The average molecular weight is 600 g/mol. The van der Waals surface area contributed by atoms with E-state index in [9.17, 15) is 24.3 Å². The number of nitrogens with one attached hydrogen (secondary N) is 3. The first-order valence-corrected chi connectivity index (χ1v) is 14.1. The fourth-order valence-corrected chi connectivity index (χ4v) is 4.74. The van der Waals surface area contributed by atoms with Crippen LogP contribution in [0.2, 0.25) is 5.02 Å². The minimum atomic E-state index is -1.13. The van der Waals surface area contributed by atoms with Gasteiger partial charge in [-0.15, -0.1) is 11.8 Å². The highest BCUT2D eigenvalue weighted by atomic mass is 35.5. The summed E-state index contributed by atoms with van der Waals surface area (Å²) in [6.07, 6.45) is 1.61. The second-order valence-corrected chi connectivity index (χ2v) is 10.6. The standard InChI is InChI=1S/C32H26ClN3O5S/c1-20-7-5-8-21(15-20)16-28(36-30(38)22-9-3-2-4-10-22)31(39)34-24-11-6-12-25(18-24)42-19-29(37)35-27-17-23(32(40)41)13-14-26(27)33/h2-18H,19H2,1H3,(H,34,39)(H,35,37)(H,36,38)(H,40,41)/b28-16+. The summed E-state index contributed by atoms with van der Waals surface area (Å²) in [5.41, 5.74) is 2.89. The van der Waals surface area contributed by atoms with E-state index in [-0.39, 0.29) is 33.6 Å². The molecule has 0 saturated heterocycles. The van der Waals surface area contributed by atoms with Gasteiger partial charge in [-0.2, -0.15) is 0 Å². The molecular formula is C32H26ClN3O5S. The van der Waals surface area contributed by atoms with Crippen LogP contribution in [-0.2, 0) is 9.59 Å². The van der Waals surface area contributed by atoms with Gasteiger partial charge >= 0.3 is 5.97 Å². The van der Waals surface area contributed by atoms with Crippen molar-refractivity contribution in [2.45, 2.75) is 11.8 Å². The predicted molar refractivity (Wildman–Crippen MR) is 166 cm³/mol. The topological polar surface area (TPSA) is 125 Å². The van der Waals surface area contributed by atoms with E-state index in [0.29, 0.717) is 16.1 Å². The van der Waals surface area contributed by atoms with Gasteiger partial charge in [-0.05, 0) is 67.1 Å². The Bertz CT molecular complexity index is 1670. The van der Waals surface area contributed by atoms with Crippen LogP contribution in [0.15, 0.2) is 108 Å². The van der Waals surface area contributed by atoms with Crippen molar-refractivity contribution in [3.8, 4) is 0 Å². The van der Waals surface area contributed by atoms with Gasteiger partial charge < -0.3 is 21.1 Å². The van der Waals surface area contributed by atoms with Crippen molar-refractivity contribution in [1.82, 2.24) is 5.32 Å². The van der Waals surface area contributed by atoms with Gasteiger partial charge in [0.15, 0.2) is 0 Å². The lowest BCUT2D eigenvalue weighted by molar-refractivity contribution is -0.114. The number of amides is 3. The molecule has 0 atom stereocenters. The van der Waals surface area contributed by atoms with Gasteiger partial charge in [-0.1, -0.05) is 65.7 Å². The fourth-order valence-electron chi connectivity index (χ4n) is 3.82. The lowest BCUT2D eigenvalue weighted by Crippen LogP contribution is -2.30. The number of rotatable bonds is 10. The Morgan fingerprint density at radius 2 is 1.60 bits per heavy atom. The maximum Gasteiger partial charge on any atom is 0.335 e. The first kappa shape index (κ1) is 30.1. The summed E-state index contributed by atoms with van der Waals surface area (Å²) in [7, 11) is 0. The Labute approximate surface area is 251 Å². The molecule has 4 rings (SSSR count). The van der Waals surface area contributed by atoms with Crippen molar-refractivity contribution in [2.75, 3.05) is 16.4 Å². The average Bonchev–Trinajstić information content (AvgIpc) is 2.97. The number of hydrogen-bond acceptors (Lipinski definition) is 5. The van der Waals surface area contributed by atoms with E-state index in [1.54, 1.807) is 60.7 Å². The Balaban J connectivity index is 1.45. The van der Waals surface area contributed by atoms with Crippen LogP contribution >= 0.6 is 23.4 Å². The molecule has 0 saturated carbocycles. The summed E-state index contributed by atoms with van der Waals surface area (Å²) in [6, 6.07) is 27.1. The number of carboxylic acid groups (broad SMARTS) is 1. The van der Waals surface area contributed by atoms with Crippen LogP contribution in [0.3, 0.4) is 0 Å². The van der Waals surface area contributed by atoms with Gasteiger partial charge in [0, 0.05) is 16.1 Å². The highest BCUT2D eigenvalue weighted by Gasteiger charge is 2.16. The number of anilines is 2. The molecule has 0 unspecified atom stereocenters. The Hall–Kier alpha value is -4.86. The Kier molecular flexibility index (Phi) is 10.1. The molecule has 0 aromatic heterocycles. The number of aromatic carboxylic acids is 1. The predicted octanol–water partition coefficient (Wildman–Crippen LogP) is 6.49. The lowest BCUT2D eigenvalue weighted by atomic mass is 10.1. The molecule has 0 spiro atoms. The molecule has 0 aliphatic rings. The molecule has 4 aromatic carbocycles. The van der Waals surface area contributed by atoms with Crippen LogP contribution in [-0.4, -0.2) is 34.6 Å². The molecule has 0 bridgehead atoms. The van der Waals surface area contributed by atoms with E-state index in [1.807, 2.05) is 31.2 Å². The molecule has 3 amide bonds. The minimum Gasteiger partial charge on any atom is -0.478 e. The van der Waals surface area contributed by atoms with Crippen molar-refractivity contribution in [1.29, 1.82) is 0 Å². The number of hydrogen-bond donors (Lipinski definition) is 4. The number of benzene rings is 4. The molecule has 10 heteroatoms. The van der Waals surface area contributed by atoms with Gasteiger partial charge in [0.05, 0.1) is 22.0 Å². The third-order valence-corrected chi connectivity index (χ3v) is 7.15. The fraction of sp³-hybridized carbons (Fsp3) is 0.0625. The number of aryl methyl sites for hydroxylation is 1. The largest absolute Gasteiger partial charge is 0.478 e. The van der Waals surface area contributed by atoms with E-state index >= 15 is 0 Å². The second kappa shape index (κ2) is 14.2. The molecule has 0 aliphatic heterocycles. The van der Waals surface area contributed by atoms with E-state index in [0.717, 1.165) is 11.1 Å². The molecule has 212 valence electrons. The summed E-state index contributed by atoms with van der Waals surface area (Å²) >= 11 is 7.32. The maximum atomic E-state index is 13.3. The summed E-state index contributed by atoms with van der Waals surface area (Å²) in [5.74, 6) is -2.45. The lowest BCUT2D eigenvalue weighted by Gasteiger charge is -2.12. The molecule has 0 heterocycles. The van der Waals surface area contributed by atoms with Gasteiger partial charge in [0.1, 0.15) is 5.70 Å². The highest BCUT2D eigenvalue weighted by molar-refractivity contribution is 8.00. The molecule has 42 heavy (non-hydrogen) atoms. The van der Waals surface area contributed by atoms with Gasteiger partial charge in [0.2, 0.25) is 5.91 Å². The zero-order valence-corrected chi connectivity index (χ0v) is 24.0. The molecule has 0 radical (unpaired) electrons. The SMILES string of the molecule is Cc1cccc(/C=C(/NC(=O)c2ccccc2)C(=O)Nc2cccc(SCC(=O)Nc3cc(C(=O)O)ccc3Cl)c2)c1. The number of carboxylic acids is 1. The summed E-state index contributed by atoms with van der Waals surface area (Å²) in [5, 5.41) is 17.6. The normalized spacial score (nSPS) is 11.0. The number of carbonyl (C=O) groups excluding carboxylic acids is 3. The van der Waals surface area contributed by atoms with Crippen molar-refractivity contribution in [3.05, 3.63) is 130 Å². The Morgan fingerprint density at radius 3 is 2.33 bits per heavy atom. The first-order chi connectivity index (χ1) is 20.2. The zero-order chi connectivity index (χ0) is 30.1. The zero-order valence-electron chi connectivity index (χ0n) is 22.4. The van der Waals surface area contributed by atoms with E-state index in [2.05, 4.69) is 16.0 Å². The van der Waals surface area contributed by atoms with Gasteiger partial charge in [-0.25, -0.2) is 4.79 Å². The monoisotopic (exact) mass is 599 g/mol. The van der Waals surface area contributed by atoms with Crippen LogP contribution in [0, 0.1) is 6.92 Å². The molecule has 0 fully saturated rings. The van der Waals surface area contributed by atoms with Crippen molar-refractivity contribution in [3.63, 3.8) is 0 Å². The molecule has 4 N–H and O–H groups in total. The second-order valence-electron chi connectivity index (χ2n) is 9.11. The molecule has 4 aromatic rings. The smallest absolute Gasteiger partial charge is 0.335 e. The number of halogens is 1. The van der Waals surface area contributed by atoms with Gasteiger partial charge in [0.25, 0.3) is 11.8 Å². The first-order valence-electron chi connectivity index (χ1n) is 12.7. The summed E-state index contributed by atoms with van der Waals surface area (Å²) in [4.78, 5) is 50.7. The van der Waals surface area contributed by atoms with Gasteiger partial charge in [-0.3, -0.25) is 14.4 Å². The van der Waals surface area contributed by atoms with Crippen molar-refractivity contribution < 1.29 is 24.3 Å². The maximum absolute atomic E-state index is 13.3. The van der Waals surface area contributed by atoms with E-state index < -0.39 is 17.8 Å². The van der Waals surface area contributed by atoms with Crippen molar-refractivity contribution in [2.24, 2.45) is 0 Å².